The van der Waals surface area contributed by atoms with Gasteiger partial charge >= 0.3 is 0 Å². The molecule has 1 aliphatic carbocycles. The van der Waals surface area contributed by atoms with Crippen LogP contribution in [0.3, 0.4) is 0 Å². The third kappa shape index (κ3) is 2.44. The number of aromatic nitrogens is 4. The van der Waals surface area contributed by atoms with E-state index in [1.807, 2.05) is 19.1 Å². The fourth-order valence-corrected chi connectivity index (χ4v) is 2.88. The van der Waals surface area contributed by atoms with Crippen LogP contribution in [0.15, 0.2) is 24.5 Å². The minimum absolute atomic E-state index is 0.206. The van der Waals surface area contributed by atoms with E-state index in [1.165, 1.54) is 6.33 Å². The van der Waals surface area contributed by atoms with Crippen molar-refractivity contribution in [3.05, 3.63) is 30.1 Å². The van der Waals surface area contributed by atoms with E-state index in [4.69, 9.17) is 0 Å². The van der Waals surface area contributed by atoms with Crippen LogP contribution in [0.25, 0.3) is 5.69 Å². The Bertz CT molecular complexity index is 725. The summed E-state index contributed by atoms with van der Waals surface area (Å²) in [6.45, 7) is 1.92. The van der Waals surface area contributed by atoms with E-state index in [0.29, 0.717) is 18.5 Å². The maximum Gasteiger partial charge on any atom is 0.244 e. The molecule has 1 aromatic carbocycles. The number of benzene rings is 1. The van der Waals surface area contributed by atoms with Crippen molar-refractivity contribution in [1.29, 1.82) is 5.26 Å². The van der Waals surface area contributed by atoms with Gasteiger partial charge in [-0.15, -0.1) is 5.10 Å². The predicted molar refractivity (Wildman–Crippen MR) is 79.0 cm³/mol. The van der Waals surface area contributed by atoms with Gasteiger partial charge in [0.2, 0.25) is 5.91 Å². The molecule has 0 unspecified atom stereocenters. The largest absolute Gasteiger partial charge is 0.325 e. The summed E-state index contributed by atoms with van der Waals surface area (Å²) in [5.41, 5.74) is 1.59. The van der Waals surface area contributed by atoms with Gasteiger partial charge < -0.3 is 5.32 Å². The number of rotatable bonds is 3. The fourth-order valence-electron chi connectivity index (χ4n) is 2.88. The van der Waals surface area contributed by atoms with Gasteiger partial charge in [0.25, 0.3) is 0 Å². The van der Waals surface area contributed by atoms with Crippen LogP contribution in [0.1, 0.15) is 31.2 Å². The van der Waals surface area contributed by atoms with Crippen molar-refractivity contribution in [2.75, 3.05) is 5.32 Å². The van der Waals surface area contributed by atoms with Crippen LogP contribution < -0.4 is 5.32 Å². The van der Waals surface area contributed by atoms with Crippen molar-refractivity contribution in [1.82, 2.24) is 20.2 Å². The Balaban J connectivity index is 1.81. The van der Waals surface area contributed by atoms with Gasteiger partial charge in [-0.05, 0) is 54.0 Å². The molecule has 0 spiro atoms. The van der Waals surface area contributed by atoms with E-state index in [0.717, 1.165) is 24.1 Å². The Morgan fingerprint density at radius 3 is 2.77 bits per heavy atom. The monoisotopic (exact) mass is 296 g/mol. The number of carbonyl (C=O) groups excluding carboxylic acids is 1. The van der Waals surface area contributed by atoms with E-state index in [1.54, 1.807) is 10.7 Å². The molecule has 0 bridgehead atoms. The Morgan fingerprint density at radius 2 is 2.18 bits per heavy atom. The van der Waals surface area contributed by atoms with E-state index in [9.17, 15) is 10.1 Å². The molecule has 0 aliphatic heterocycles. The fraction of sp³-hybridized carbons (Fsp3) is 0.400. The molecule has 1 aromatic heterocycles. The lowest BCUT2D eigenvalue weighted by molar-refractivity contribution is -0.122. The van der Waals surface area contributed by atoms with Gasteiger partial charge in [0.15, 0.2) is 0 Å². The summed E-state index contributed by atoms with van der Waals surface area (Å²) in [6, 6.07) is 7.70. The molecule has 1 fully saturated rings. The van der Waals surface area contributed by atoms with E-state index < -0.39 is 5.41 Å². The molecule has 7 nitrogen and oxygen atoms in total. The summed E-state index contributed by atoms with van der Waals surface area (Å²) in [5, 5.41) is 23.3. The third-order valence-electron chi connectivity index (χ3n) is 4.16. The lowest BCUT2D eigenvalue weighted by atomic mass is 9.87. The first-order valence-electron chi connectivity index (χ1n) is 7.21. The molecule has 3 rings (SSSR count). The summed E-state index contributed by atoms with van der Waals surface area (Å²) in [7, 11) is 0. The van der Waals surface area contributed by atoms with Crippen LogP contribution in [-0.4, -0.2) is 26.1 Å². The second-order valence-electron chi connectivity index (χ2n) is 5.61. The van der Waals surface area contributed by atoms with Gasteiger partial charge in [-0.3, -0.25) is 4.79 Å². The number of nitriles is 1. The Labute approximate surface area is 127 Å². The van der Waals surface area contributed by atoms with Crippen LogP contribution in [0.4, 0.5) is 5.69 Å². The zero-order valence-corrected chi connectivity index (χ0v) is 12.3. The first kappa shape index (κ1) is 14.2. The van der Waals surface area contributed by atoms with Crippen LogP contribution in [0.5, 0.6) is 0 Å². The van der Waals surface area contributed by atoms with Crippen LogP contribution in [-0.2, 0) is 4.79 Å². The number of aryl methyl sites for hydroxylation is 1. The Kier molecular flexibility index (Phi) is 3.59. The molecule has 1 amide bonds. The Hall–Kier alpha value is -2.75. The minimum atomic E-state index is -0.873. The number of nitrogens with zero attached hydrogens (tertiary/aromatic N) is 5. The topological polar surface area (TPSA) is 96.5 Å². The van der Waals surface area contributed by atoms with Crippen molar-refractivity contribution in [3.8, 4) is 11.8 Å². The zero-order valence-electron chi connectivity index (χ0n) is 12.3. The quantitative estimate of drug-likeness (QED) is 0.934. The summed E-state index contributed by atoms with van der Waals surface area (Å²) < 4.78 is 1.56. The second kappa shape index (κ2) is 5.56. The first-order chi connectivity index (χ1) is 10.6. The number of nitrogens with one attached hydrogen (secondary N) is 1. The van der Waals surface area contributed by atoms with E-state index in [-0.39, 0.29) is 5.91 Å². The summed E-state index contributed by atoms with van der Waals surface area (Å²) in [4.78, 5) is 12.4. The summed E-state index contributed by atoms with van der Waals surface area (Å²) in [5.74, 6) is -0.206. The van der Waals surface area contributed by atoms with Gasteiger partial charge in [0, 0.05) is 5.69 Å². The molecule has 112 valence electrons. The number of amides is 1. The second-order valence-corrected chi connectivity index (χ2v) is 5.61. The van der Waals surface area contributed by atoms with Crippen molar-refractivity contribution < 1.29 is 4.79 Å². The summed E-state index contributed by atoms with van der Waals surface area (Å²) in [6.07, 6.45) is 4.65. The number of hydrogen-bond acceptors (Lipinski definition) is 5. The van der Waals surface area contributed by atoms with Gasteiger partial charge in [-0.2, -0.15) is 5.26 Å². The highest BCUT2D eigenvalue weighted by molar-refractivity contribution is 5.97. The smallest absolute Gasteiger partial charge is 0.244 e. The molecular weight excluding hydrogens is 280 g/mol. The van der Waals surface area contributed by atoms with E-state index in [2.05, 4.69) is 26.9 Å². The third-order valence-corrected chi connectivity index (χ3v) is 4.16. The van der Waals surface area contributed by atoms with Crippen molar-refractivity contribution >= 4 is 11.6 Å². The van der Waals surface area contributed by atoms with Crippen LogP contribution >= 0.6 is 0 Å². The number of hydrogen-bond donors (Lipinski definition) is 1. The number of carbonyl (C=O) groups is 1. The van der Waals surface area contributed by atoms with Crippen LogP contribution in [0, 0.1) is 23.7 Å². The van der Waals surface area contributed by atoms with Crippen molar-refractivity contribution in [3.63, 3.8) is 0 Å². The van der Waals surface area contributed by atoms with Gasteiger partial charge in [-0.25, -0.2) is 4.68 Å². The van der Waals surface area contributed by atoms with Gasteiger partial charge in [-0.1, -0.05) is 12.8 Å². The average molecular weight is 296 g/mol. The highest BCUT2D eigenvalue weighted by Gasteiger charge is 2.41. The molecule has 1 N–H and O–H groups in total. The average Bonchev–Trinajstić information content (AvgIpc) is 3.19. The summed E-state index contributed by atoms with van der Waals surface area (Å²) >= 11 is 0. The lowest BCUT2D eigenvalue weighted by Crippen LogP contribution is -2.32. The SMILES string of the molecule is Cc1cc(NC(=O)C2(C#N)CCCC2)ccc1-n1cnnn1. The first-order valence-corrected chi connectivity index (χ1v) is 7.21. The minimum Gasteiger partial charge on any atom is -0.325 e. The molecule has 22 heavy (non-hydrogen) atoms. The Morgan fingerprint density at radius 1 is 1.41 bits per heavy atom. The molecule has 1 heterocycles. The number of tetrazole rings is 1. The molecule has 0 atom stereocenters. The van der Waals surface area contributed by atoms with Crippen molar-refractivity contribution in [2.45, 2.75) is 32.6 Å². The van der Waals surface area contributed by atoms with Gasteiger partial charge in [0.1, 0.15) is 11.7 Å². The maximum atomic E-state index is 12.4. The molecule has 0 saturated heterocycles. The molecule has 2 aromatic rings. The van der Waals surface area contributed by atoms with Gasteiger partial charge in [0.05, 0.1) is 11.8 Å². The van der Waals surface area contributed by atoms with Crippen LogP contribution in [0.2, 0.25) is 0 Å². The highest BCUT2D eigenvalue weighted by Crippen LogP contribution is 2.38. The molecule has 0 radical (unpaired) electrons. The molecule has 1 aliphatic rings. The molecular formula is C15H16N6O. The predicted octanol–water partition coefficient (Wildman–Crippen LogP) is 1.99. The zero-order chi connectivity index (χ0) is 15.6. The van der Waals surface area contributed by atoms with Crippen molar-refractivity contribution in [2.24, 2.45) is 5.41 Å². The maximum absolute atomic E-state index is 12.4. The lowest BCUT2D eigenvalue weighted by Gasteiger charge is -2.19. The molecule has 1 saturated carbocycles. The molecule has 7 heteroatoms. The highest BCUT2D eigenvalue weighted by atomic mass is 16.2. The normalized spacial score (nSPS) is 16.2. The van der Waals surface area contributed by atoms with E-state index >= 15 is 0 Å². The number of anilines is 1. The standard InChI is InChI=1S/C15H16N6O/c1-11-8-12(4-5-13(11)21-10-17-19-20-21)18-14(22)15(9-16)6-2-3-7-15/h4-5,8,10H,2-3,6-7H2,1H3,(H,18,22).